The van der Waals surface area contributed by atoms with Gasteiger partial charge in [-0.05, 0) is 30.7 Å². The van der Waals surface area contributed by atoms with Gasteiger partial charge in [0.05, 0.1) is 25.4 Å². The van der Waals surface area contributed by atoms with Crippen LogP contribution in [0.4, 0.5) is 30.6 Å². The van der Waals surface area contributed by atoms with Crippen molar-refractivity contribution in [3.05, 3.63) is 71.3 Å². The van der Waals surface area contributed by atoms with E-state index in [1.54, 1.807) is 6.92 Å². The topological polar surface area (TPSA) is 135 Å². The molecule has 4 N–H and O–H groups in total. The van der Waals surface area contributed by atoms with Gasteiger partial charge in [0, 0.05) is 5.69 Å². The highest BCUT2D eigenvalue weighted by Crippen LogP contribution is 2.31. The van der Waals surface area contributed by atoms with Gasteiger partial charge in [0.2, 0.25) is 17.7 Å². The molecule has 0 unspecified atom stereocenters. The molecule has 188 valence electrons. The molecule has 1 heterocycles. The molecule has 36 heavy (non-hydrogen) atoms. The van der Waals surface area contributed by atoms with Crippen molar-refractivity contribution in [1.29, 1.82) is 5.26 Å². The lowest BCUT2D eigenvalue weighted by atomic mass is 10.1. The number of benzene rings is 2. The summed E-state index contributed by atoms with van der Waals surface area (Å²) < 4.78 is 50.4. The van der Waals surface area contributed by atoms with Crippen molar-refractivity contribution in [3.63, 3.8) is 0 Å². The Morgan fingerprint density at radius 3 is 2.58 bits per heavy atom. The number of carbonyl (C=O) groups is 1. The predicted molar refractivity (Wildman–Crippen MR) is 126 cm³/mol. The molecule has 0 saturated heterocycles. The number of hydrogen-bond acceptors (Lipinski definition) is 8. The smallest absolute Gasteiger partial charge is 0.416 e. The fourth-order valence-corrected chi connectivity index (χ4v) is 3.13. The number of alkyl halides is 3. The van der Waals surface area contributed by atoms with Crippen LogP contribution < -0.4 is 21.1 Å². The van der Waals surface area contributed by atoms with Gasteiger partial charge >= 0.3 is 6.18 Å². The van der Waals surface area contributed by atoms with Gasteiger partial charge in [-0.25, -0.2) is 0 Å². The number of halogens is 3. The largest absolute Gasteiger partial charge is 0.477 e. The predicted octanol–water partition coefficient (Wildman–Crippen LogP) is 3.98. The van der Waals surface area contributed by atoms with Crippen molar-refractivity contribution in [1.82, 2.24) is 9.97 Å². The minimum atomic E-state index is -4.56. The molecule has 0 aliphatic heterocycles. The number of nitrogen functional groups attached to an aromatic ring is 1. The first-order valence-electron chi connectivity index (χ1n) is 10.8. The number of nitrogens with one attached hydrogen (secondary N) is 2. The number of ether oxygens (including phenoxy) is 2. The quantitative estimate of drug-likeness (QED) is 0.380. The lowest BCUT2D eigenvalue weighted by Gasteiger charge is -2.21. The highest BCUT2D eigenvalue weighted by atomic mass is 19.4. The number of nitriles is 1. The van der Waals surface area contributed by atoms with Crippen molar-refractivity contribution in [2.45, 2.75) is 25.7 Å². The van der Waals surface area contributed by atoms with Crippen molar-refractivity contribution < 1.29 is 27.4 Å². The number of rotatable bonds is 10. The fourth-order valence-electron chi connectivity index (χ4n) is 3.13. The molecule has 0 fully saturated rings. The summed E-state index contributed by atoms with van der Waals surface area (Å²) in [5, 5.41) is 14.8. The number of anilines is 3. The van der Waals surface area contributed by atoms with E-state index in [1.165, 1.54) is 12.1 Å². The summed E-state index contributed by atoms with van der Waals surface area (Å²) >= 11 is 0. The third-order valence-corrected chi connectivity index (χ3v) is 4.77. The third kappa shape index (κ3) is 7.07. The van der Waals surface area contributed by atoms with Crippen LogP contribution in [0.1, 0.15) is 23.6 Å². The van der Waals surface area contributed by atoms with Gasteiger partial charge < -0.3 is 25.8 Å². The Kier molecular flexibility index (Phi) is 8.64. The number of amides is 1. The molecule has 1 atom stereocenters. The van der Waals surface area contributed by atoms with E-state index < -0.39 is 23.7 Å². The molecule has 1 amide bonds. The van der Waals surface area contributed by atoms with Crippen LogP contribution >= 0.6 is 0 Å². The van der Waals surface area contributed by atoms with Crippen LogP contribution in [0, 0.1) is 11.3 Å². The summed E-state index contributed by atoms with van der Waals surface area (Å²) in [5.74, 6) is -1.27. The molecule has 0 aliphatic rings. The molecule has 12 heteroatoms. The first kappa shape index (κ1) is 26.2. The van der Waals surface area contributed by atoms with Gasteiger partial charge in [-0.15, -0.1) is 0 Å². The number of hydrogen-bond donors (Lipinski definition) is 3. The van der Waals surface area contributed by atoms with Crippen molar-refractivity contribution in [3.8, 4) is 11.9 Å². The number of aromatic nitrogens is 2. The zero-order valence-corrected chi connectivity index (χ0v) is 19.2. The minimum absolute atomic E-state index is 0.0472. The normalized spacial score (nSPS) is 11.9. The molecule has 0 bridgehead atoms. The lowest BCUT2D eigenvalue weighted by molar-refractivity contribution is -0.137. The highest BCUT2D eigenvalue weighted by Gasteiger charge is 2.31. The molecular formula is C24H23F3N6O3. The summed E-state index contributed by atoms with van der Waals surface area (Å²) in [6.07, 6.45) is -4.56. The third-order valence-electron chi connectivity index (χ3n) is 4.77. The summed E-state index contributed by atoms with van der Waals surface area (Å²) in [7, 11) is 0. The zero-order valence-electron chi connectivity index (χ0n) is 19.2. The number of carbonyl (C=O) groups excluding carboxylic acids is 1. The van der Waals surface area contributed by atoms with Crippen LogP contribution in [0.25, 0.3) is 0 Å². The van der Waals surface area contributed by atoms with Gasteiger partial charge in [0.1, 0.15) is 12.1 Å². The Labute approximate surface area is 205 Å². The van der Waals surface area contributed by atoms with Crippen LogP contribution in [0.2, 0.25) is 0 Å². The Balaban J connectivity index is 1.85. The van der Waals surface area contributed by atoms with Gasteiger partial charge in [0.15, 0.2) is 11.4 Å². The standard InChI is InChI=1S/C24H23F3N6O3/c1-2-36-22-18(12-28)20(32-23(29)33-22)31-21(34)19(14-35-13-15-7-4-3-5-8-15)30-17-10-6-9-16(11-17)24(25,26)27/h3-11,19,30H,2,13-14H2,1H3,(H3,29,31,32,33,34)/t19-/m0/s1. The first-order valence-corrected chi connectivity index (χ1v) is 10.8. The SMILES string of the molecule is CCOc1nc(N)nc(NC(=O)[C@H](COCc2ccccc2)Nc2cccc(C(F)(F)F)c2)c1C#N. The first-order chi connectivity index (χ1) is 17.2. The molecule has 0 spiro atoms. The molecular weight excluding hydrogens is 477 g/mol. The number of nitrogens with two attached hydrogens (primary N) is 1. The van der Waals surface area contributed by atoms with E-state index in [4.69, 9.17) is 15.2 Å². The van der Waals surface area contributed by atoms with Crippen LogP contribution in [-0.2, 0) is 22.3 Å². The van der Waals surface area contributed by atoms with E-state index in [1.807, 2.05) is 36.4 Å². The van der Waals surface area contributed by atoms with E-state index in [0.29, 0.717) is 0 Å². The average Bonchev–Trinajstić information content (AvgIpc) is 2.84. The zero-order chi connectivity index (χ0) is 26.1. The van der Waals surface area contributed by atoms with Crippen molar-refractivity contribution >= 4 is 23.4 Å². The molecule has 3 rings (SSSR count). The summed E-state index contributed by atoms with van der Waals surface area (Å²) in [4.78, 5) is 20.9. The number of nitrogens with zero attached hydrogens (tertiary/aromatic N) is 3. The monoisotopic (exact) mass is 500 g/mol. The van der Waals surface area contributed by atoms with Crippen LogP contribution in [-0.4, -0.2) is 35.1 Å². The fraction of sp³-hybridized carbons (Fsp3) is 0.250. The van der Waals surface area contributed by atoms with Gasteiger partial charge in [-0.1, -0.05) is 36.4 Å². The highest BCUT2D eigenvalue weighted by molar-refractivity contribution is 5.97. The van der Waals surface area contributed by atoms with Crippen LogP contribution in [0.5, 0.6) is 5.88 Å². The van der Waals surface area contributed by atoms with Gasteiger partial charge in [0.25, 0.3) is 0 Å². The van der Waals surface area contributed by atoms with E-state index >= 15 is 0 Å². The van der Waals surface area contributed by atoms with Crippen molar-refractivity contribution in [2.24, 2.45) is 0 Å². The summed E-state index contributed by atoms with van der Waals surface area (Å²) in [6, 6.07) is 14.3. The summed E-state index contributed by atoms with van der Waals surface area (Å²) in [5.41, 5.74) is 5.54. The van der Waals surface area contributed by atoms with Gasteiger partial charge in [-0.3, -0.25) is 4.79 Å². The maximum atomic E-state index is 13.2. The van der Waals surface area contributed by atoms with Crippen molar-refractivity contribution in [2.75, 3.05) is 29.6 Å². The second-order valence-corrected chi connectivity index (χ2v) is 7.42. The molecule has 0 saturated carbocycles. The second kappa shape index (κ2) is 11.9. The van der Waals surface area contributed by atoms with E-state index in [-0.39, 0.29) is 48.7 Å². The second-order valence-electron chi connectivity index (χ2n) is 7.42. The van der Waals surface area contributed by atoms with E-state index in [0.717, 1.165) is 17.7 Å². The molecule has 9 nitrogen and oxygen atoms in total. The van der Waals surface area contributed by atoms with E-state index in [9.17, 15) is 23.2 Å². The Morgan fingerprint density at radius 1 is 1.17 bits per heavy atom. The van der Waals surface area contributed by atoms with Crippen LogP contribution in [0.15, 0.2) is 54.6 Å². The maximum Gasteiger partial charge on any atom is 0.416 e. The molecule has 2 aromatic carbocycles. The Morgan fingerprint density at radius 2 is 1.92 bits per heavy atom. The Hall–Kier alpha value is -4.37. The van der Waals surface area contributed by atoms with Gasteiger partial charge in [-0.2, -0.15) is 28.4 Å². The molecule has 0 radical (unpaired) electrons. The Bertz CT molecular complexity index is 1230. The lowest BCUT2D eigenvalue weighted by Crippen LogP contribution is -2.39. The summed E-state index contributed by atoms with van der Waals surface area (Å²) in [6.45, 7) is 1.81. The molecule has 1 aromatic heterocycles. The molecule has 0 aliphatic carbocycles. The van der Waals surface area contributed by atoms with E-state index in [2.05, 4.69) is 20.6 Å². The van der Waals surface area contributed by atoms with Crippen LogP contribution in [0.3, 0.4) is 0 Å². The minimum Gasteiger partial charge on any atom is -0.477 e. The molecule has 3 aromatic rings. The maximum absolute atomic E-state index is 13.2. The average molecular weight is 500 g/mol.